The molecule has 0 saturated carbocycles. The lowest BCUT2D eigenvalue weighted by molar-refractivity contribution is -0.0346. The van der Waals surface area contributed by atoms with Gasteiger partial charge < -0.3 is 10.1 Å². The summed E-state index contributed by atoms with van der Waals surface area (Å²) in [4.78, 5) is 17.4. The second-order valence-corrected chi connectivity index (χ2v) is 9.13. The van der Waals surface area contributed by atoms with E-state index in [1.54, 1.807) is 24.3 Å². The molecule has 2 heterocycles. The molecule has 2 aromatic rings. The molecular weight excluding hydrogens is 418 g/mol. The summed E-state index contributed by atoms with van der Waals surface area (Å²) < 4.78 is 34.6. The van der Waals surface area contributed by atoms with E-state index in [0.717, 1.165) is 11.6 Å². The molecule has 0 spiro atoms. The molecule has 3 unspecified atom stereocenters. The number of ether oxygens (including phenoxy) is 1. The van der Waals surface area contributed by atoms with Crippen LogP contribution < -0.4 is 5.32 Å². The Morgan fingerprint density at radius 1 is 1.23 bits per heavy atom. The Hall–Kier alpha value is -2.51. The lowest BCUT2D eigenvalue weighted by Crippen LogP contribution is -2.51. The van der Waals surface area contributed by atoms with Crippen LogP contribution in [-0.4, -0.2) is 29.5 Å². The molecule has 4 rings (SSSR count). The third-order valence-electron chi connectivity index (χ3n) is 5.61. The van der Waals surface area contributed by atoms with Crippen molar-refractivity contribution in [1.29, 1.82) is 0 Å². The molecule has 3 atom stereocenters. The van der Waals surface area contributed by atoms with Crippen LogP contribution in [0.2, 0.25) is 0 Å². The molecule has 4 nitrogen and oxygen atoms in total. The number of thioether (sulfide) groups is 1. The van der Waals surface area contributed by atoms with E-state index >= 15 is 0 Å². The van der Waals surface area contributed by atoms with Crippen molar-refractivity contribution in [3.63, 3.8) is 0 Å². The summed E-state index contributed by atoms with van der Waals surface area (Å²) in [7, 11) is 0. The Morgan fingerprint density at radius 2 is 2.00 bits per heavy atom. The number of carbonyl (C=O) groups excluding carboxylic acids is 1. The molecular formula is C24H24F2N2O2S. The number of rotatable bonds is 3. The van der Waals surface area contributed by atoms with Crippen LogP contribution in [0.25, 0.3) is 0 Å². The Labute approximate surface area is 184 Å². The number of benzene rings is 2. The molecule has 1 saturated heterocycles. The van der Waals surface area contributed by atoms with Crippen LogP contribution >= 0.6 is 11.8 Å². The van der Waals surface area contributed by atoms with Gasteiger partial charge in [0, 0.05) is 28.9 Å². The minimum absolute atomic E-state index is 0.0239. The van der Waals surface area contributed by atoms with Gasteiger partial charge in [-0.05, 0) is 38.5 Å². The Bertz CT molecular complexity index is 1040. The van der Waals surface area contributed by atoms with Crippen molar-refractivity contribution in [2.45, 2.75) is 31.9 Å². The predicted octanol–water partition coefficient (Wildman–Crippen LogP) is 5.06. The van der Waals surface area contributed by atoms with Gasteiger partial charge in [0.15, 0.2) is 5.17 Å². The topological polar surface area (TPSA) is 50.7 Å². The van der Waals surface area contributed by atoms with Crippen LogP contribution in [0.1, 0.15) is 36.2 Å². The molecule has 2 aromatic carbocycles. The zero-order valence-corrected chi connectivity index (χ0v) is 18.2. The van der Waals surface area contributed by atoms with E-state index in [1.807, 2.05) is 19.9 Å². The van der Waals surface area contributed by atoms with Crippen molar-refractivity contribution >= 4 is 22.8 Å². The highest BCUT2D eigenvalue weighted by molar-refractivity contribution is 8.13. The van der Waals surface area contributed by atoms with Crippen molar-refractivity contribution in [2.75, 3.05) is 12.4 Å². The molecule has 0 bridgehead atoms. The number of amidine groups is 1. The quantitative estimate of drug-likeness (QED) is 0.676. The highest BCUT2D eigenvalue weighted by Crippen LogP contribution is 2.47. The van der Waals surface area contributed by atoms with Crippen LogP contribution in [0.5, 0.6) is 0 Å². The number of hydrogen-bond acceptors (Lipinski definition) is 4. The maximum absolute atomic E-state index is 14.9. The van der Waals surface area contributed by atoms with E-state index in [1.165, 1.54) is 23.9 Å². The monoisotopic (exact) mass is 442 g/mol. The van der Waals surface area contributed by atoms with Crippen LogP contribution in [-0.2, 0) is 10.3 Å². The van der Waals surface area contributed by atoms with Crippen LogP contribution in [0.15, 0.2) is 65.2 Å². The Kier molecular flexibility index (Phi) is 6.25. The number of aliphatic imine (C=N–C) groups is 1. The fourth-order valence-electron chi connectivity index (χ4n) is 4.13. The molecule has 1 fully saturated rings. The van der Waals surface area contributed by atoms with E-state index in [0.29, 0.717) is 28.5 Å². The molecule has 162 valence electrons. The fraction of sp³-hybridized carbons (Fsp3) is 0.333. The second kappa shape index (κ2) is 8.93. The zero-order chi connectivity index (χ0) is 22.0. The van der Waals surface area contributed by atoms with Gasteiger partial charge >= 0.3 is 0 Å². The van der Waals surface area contributed by atoms with Gasteiger partial charge in [0.1, 0.15) is 17.2 Å². The van der Waals surface area contributed by atoms with E-state index < -0.39 is 17.2 Å². The molecule has 1 N–H and O–H groups in total. The summed E-state index contributed by atoms with van der Waals surface area (Å²) in [6.07, 6.45) is 2.65. The number of allylic oxidation sites excluding steroid dienone is 1. The van der Waals surface area contributed by atoms with Gasteiger partial charge in [0.05, 0.1) is 12.7 Å². The predicted molar refractivity (Wildman–Crippen MR) is 119 cm³/mol. The van der Waals surface area contributed by atoms with Crippen molar-refractivity contribution in [2.24, 2.45) is 10.9 Å². The summed E-state index contributed by atoms with van der Waals surface area (Å²) in [5.74, 6) is -0.955. The first-order valence-electron chi connectivity index (χ1n) is 10.2. The van der Waals surface area contributed by atoms with Gasteiger partial charge in [-0.25, -0.2) is 13.8 Å². The normalized spacial score (nSPS) is 25.2. The molecule has 0 aromatic heterocycles. The van der Waals surface area contributed by atoms with Crippen molar-refractivity contribution < 1.29 is 18.3 Å². The Balaban J connectivity index is 1.70. The average molecular weight is 443 g/mol. The molecule has 7 heteroatoms. The summed E-state index contributed by atoms with van der Waals surface area (Å²) >= 11 is 1.44. The van der Waals surface area contributed by atoms with Crippen LogP contribution in [0.3, 0.4) is 0 Å². The number of hydrogen-bond donors (Lipinski definition) is 1. The van der Waals surface area contributed by atoms with Crippen molar-refractivity contribution in [3.05, 3.63) is 82.9 Å². The van der Waals surface area contributed by atoms with Gasteiger partial charge in [-0.15, -0.1) is 0 Å². The number of halogens is 2. The summed E-state index contributed by atoms with van der Waals surface area (Å²) in [6, 6.07) is 12.4. The van der Waals surface area contributed by atoms with E-state index in [2.05, 4.69) is 11.4 Å². The minimum Gasteiger partial charge on any atom is -0.371 e. The Morgan fingerprint density at radius 3 is 2.71 bits per heavy atom. The third-order valence-corrected chi connectivity index (χ3v) is 6.64. The maximum atomic E-state index is 14.9. The molecule has 2 aliphatic heterocycles. The minimum atomic E-state index is -1.02. The number of nitrogens with one attached hydrogen (secondary N) is 1. The number of amides is 1. The standard InChI is InChI=1S/C24H24F2N2O2S/c1-15(2)10-19-11-17-13-31-23(27-22(29)16-6-4-3-5-7-16)28-24(17,14-30-19)20-9-8-18(25)12-21(20)26/h3-10,12,17,19H,11,13-14H2,1-2H3,(H,27,28,29). The molecule has 0 aliphatic carbocycles. The zero-order valence-electron chi connectivity index (χ0n) is 17.4. The van der Waals surface area contributed by atoms with Crippen molar-refractivity contribution in [3.8, 4) is 0 Å². The van der Waals surface area contributed by atoms with E-state index in [4.69, 9.17) is 9.73 Å². The van der Waals surface area contributed by atoms with Gasteiger partial charge in [-0.2, -0.15) is 0 Å². The lowest BCUT2D eigenvalue weighted by atomic mass is 9.75. The average Bonchev–Trinajstić information content (AvgIpc) is 2.74. The second-order valence-electron chi connectivity index (χ2n) is 8.12. The first kappa shape index (κ1) is 21.7. The highest BCUT2D eigenvalue weighted by atomic mass is 32.2. The molecule has 31 heavy (non-hydrogen) atoms. The number of nitrogens with zero attached hydrogens (tertiary/aromatic N) is 1. The maximum Gasteiger partial charge on any atom is 0.257 e. The van der Waals surface area contributed by atoms with E-state index in [9.17, 15) is 13.6 Å². The van der Waals surface area contributed by atoms with Crippen LogP contribution in [0, 0.1) is 17.6 Å². The summed E-state index contributed by atoms with van der Waals surface area (Å²) in [5.41, 5.74) is 0.932. The fourth-order valence-corrected chi connectivity index (χ4v) is 5.29. The molecule has 0 radical (unpaired) electrons. The van der Waals surface area contributed by atoms with Gasteiger partial charge in [-0.3, -0.25) is 4.79 Å². The van der Waals surface area contributed by atoms with E-state index in [-0.39, 0.29) is 24.5 Å². The molecule has 2 aliphatic rings. The smallest absolute Gasteiger partial charge is 0.257 e. The van der Waals surface area contributed by atoms with Crippen molar-refractivity contribution in [1.82, 2.24) is 5.32 Å². The number of carbonyl (C=O) groups is 1. The summed E-state index contributed by atoms with van der Waals surface area (Å²) in [5, 5.41) is 3.26. The SMILES string of the molecule is CC(C)=CC1CC2CSC(NC(=O)c3ccccc3)=NC2(c2ccc(F)cc2F)CO1. The van der Waals surface area contributed by atoms with Gasteiger partial charge in [0.25, 0.3) is 5.91 Å². The van der Waals surface area contributed by atoms with Gasteiger partial charge in [-0.1, -0.05) is 47.7 Å². The molecule has 1 amide bonds. The highest BCUT2D eigenvalue weighted by Gasteiger charge is 2.49. The lowest BCUT2D eigenvalue weighted by Gasteiger charge is -2.46. The number of fused-ring (bicyclic) bond motifs is 1. The third kappa shape index (κ3) is 4.57. The van der Waals surface area contributed by atoms with Gasteiger partial charge in [0.2, 0.25) is 0 Å². The first-order valence-corrected chi connectivity index (χ1v) is 11.2. The van der Waals surface area contributed by atoms with Crippen LogP contribution in [0.4, 0.5) is 8.78 Å². The summed E-state index contributed by atoms with van der Waals surface area (Å²) in [6.45, 7) is 4.17. The largest absolute Gasteiger partial charge is 0.371 e. The first-order chi connectivity index (χ1) is 14.9.